The van der Waals surface area contributed by atoms with Crippen molar-refractivity contribution in [2.75, 3.05) is 6.61 Å². The Hall–Kier alpha value is -1.16. The molecule has 1 aromatic carbocycles. The SMILES string of the molecule is CCOC(=O)CC(C)S(=O)Cc1cccc(C)c1. The van der Waals surface area contributed by atoms with Crippen molar-refractivity contribution in [2.45, 2.75) is 38.2 Å². The maximum absolute atomic E-state index is 12.1. The van der Waals surface area contributed by atoms with Gasteiger partial charge in [0.25, 0.3) is 0 Å². The third kappa shape index (κ3) is 5.00. The highest BCUT2D eigenvalue weighted by Gasteiger charge is 2.16. The van der Waals surface area contributed by atoms with Crippen LogP contribution in [0, 0.1) is 6.92 Å². The molecule has 0 fully saturated rings. The molecule has 0 saturated heterocycles. The minimum absolute atomic E-state index is 0.176. The van der Waals surface area contributed by atoms with E-state index in [1.54, 1.807) is 6.92 Å². The van der Waals surface area contributed by atoms with Crippen LogP contribution in [0.3, 0.4) is 0 Å². The van der Waals surface area contributed by atoms with Crippen LogP contribution in [0.2, 0.25) is 0 Å². The molecule has 0 aromatic heterocycles. The molecule has 0 aliphatic rings. The van der Waals surface area contributed by atoms with Crippen LogP contribution in [0.4, 0.5) is 0 Å². The lowest BCUT2D eigenvalue weighted by Crippen LogP contribution is -2.19. The molecule has 2 unspecified atom stereocenters. The van der Waals surface area contributed by atoms with Gasteiger partial charge in [-0.3, -0.25) is 9.00 Å². The molecule has 4 heteroatoms. The number of carbonyl (C=O) groups is 1. The van der Waals surface area contributed by atoms with Gasteiger partial charge in [-0.1, -0.05) is 36.8 Å². The molecular formula is C14H20O3S. The number of benzene rings is 1. The van der Waals surface area contributed by atoms with Crippen LogP contribution in [0.1, 0.15) is 31.4 Å². The van der Waals surface area contributed by atoms with E-state index in [1.165, 1.54) is 0 Å². The van der Waals surface area contributed by atoms with Gasteiger partial charge in [0.1, 0.15) is 0 Å². The molecule has 0 bridgehead atoms. The van der Waals surface area contributed by atoms with Crippen LogP contribution < -0.4 is 0 Å². The van der Waals surface area contributed by atoms with Crippen molar-refractivity contribution in [2.24, 2.45) is 0 Å². The Bertz CT molecular complexity index is 429. The van der Waals surface area contributed by atoms with E-state index in [0.29, 0.717) is 12.4 Å². The number of esters is 1. The van der Waals surface area contributed by atoms with Crippen molar-refractivity contribution < 1.29 is 13.7 Å². The Morgan fingerprint density at radius 1 is 1.44 bits per heavy atom. The molecule has 0 amide bonds. The zero-order valence-corrected chi connectivity index (χ0v) is 12.0. The largest absolute Gasteiger partial charge is 0.466 e. The molecular weight excluding hydrogens is 248 g/mol. The lowest BCUT2D eigenvalue weighted by atomic mass is 10.2. The number of hydrogen-bond donors (Lipinski definition) is 0. The maximum Gasteiger partial charge on any atom is 0.306 e. The molecule has 0 heterocycles. The van der Waals surface area contributed by atoms with Crippen LogP contribution in [0.25, 0.3) is 0 Å². The van der Waals surface area contributed by atoms with Gasteiger partial charge in [0.2, 0.25) is 0 Å². The molecule has 1 aromatic rings. The first-order valence-corrected chi connectivity index (χ1v) is 7.49. The van der Waals surface area contributed by atoms with Gasteiger partial charge in [-0.25, -0.2) is 0 Å². The summed E-state index contributed by atoms with van der Waals surface area (Å²) >= 11 is 0. The van der Waals surface area contributed by atoms with Gasteiger partial charge in [0.15, 0.2) is 0 Å². The first-order chi connectivity index (χ1) is 8.52. The van der Waals surface area contributed by atoms with E-state index in [4.69, 9.17) is 4.74 Å². The third-order valence-electron chi connectivity index (χ3n) is 2.60. The fraction of sp³-hybridized carbons (Fsp3) is 0.500. The van der Waals surface area contributed by atoms with Crippen molar-refractivity contribution in [1.82, 2.24) is 0 Å². The molecule has 0 saturated carbocycles. The number of rotatable bonds is 6. The number of aryl methyl sites for hydroxylation is 1. The monoisotopic (exact) mass is 268 g/mol. The predicted octanol–water partition coefficient (Wildman–Crippen LogP) is 2.59. The van der Waals surface area contributed by atoms with E-state index in [9.17, 15) is 9.00 Å². The fourth-order valence-corrected chi connectivity index (χ4v) is 2.77. The lowest BCUT2D eigenvalue weighted by Gasteiger charge is -2.11. The third-order valence-corrected chi connectivity index (χ3v) is 4.28. The van der Waals surface area contributed by atoms with Gasteiger partial charge < -0.3 is 4.74 Å². The van der Waals surface area contributed by atoms with Crippen LogP contribution in [-0.2, 0) is 26.1 Å². The first-order valence-electron chi connectivity index (χ1n) is 6.11. The number of carbonyl (C=O) groups excluding carboxylic acids is 1. The van der Waals surface area contributed by atoms with Gasteiger partial charge >= 0.3 is 5.97 Å². The van der Waals surface area contributed by atoms with Gasteiger partial charge in [-0.15, -0.1) is 0 Å². The minimum Gasteiger partial charge on any atom is -0.466 e. The van der Waals surface area contributed by atoms with E-state index in [-0.39, 0.29) is 17.6 Å². The highest BCUT2D eigenvalue weighted by atomic mass is 32.2. The van der Waals surface area contributed by atoms with Crippen molar-refractivity contribution in [3.8, 4) is 0 Å². The molecule has 100 valence electrons. The Kier molecular flexibility index (Phi) is 6.05. The van der Waals surface area contributed by atoms with E-state index in [2.05, 4.69) is 0 Å². The summed E-state index contributed by atoms with van der Waals surface area (Å²) in [6, 6.07) is 7.95. The molecule has 18 heavy (non-hydrogen) atoms. The number of hydrogen-bond acceptors (Lipinski definition) is 3. The zero-order valence-electron chi connectivity index (χ0n) is 11.1. The average molecular weight is 268 g/mol. The van der Waals surface area contributed by atoms with Crippen LogP contribution in [0.15, 0.2) is 24.3 Å². The summed E-state index contributed by atoms with van der Waals surface area (Å²) in [5.74, 6) is 0.213. The highest BCUT2D eigenvalue weighted by Crippen LogP contribution is 2.12. The highest BCUT2D eigenvalue weighted by molar-refractivity contribution is 7.84. The number of ether oxygens (including phenoxy) is 1. The van der Waals surface area contributed by atoms with E-state index < -0.39 is 10.8 Å². The topological polar surface area (TPSA) is 43.4 Å². The summed E-state index contributed by atoms with van der Waals surface area (Å²) in [6.45, 7) is 5.97. The van der Waals surface area contributed by atoms with Crippen molar-refractivity contribution >= 4 is 16.8 Å². The van der Waals surface area contributed by atoms with E-state index in [1.807, 2.05) is 38.1 Å². The Morgan fingerprint density at radius 3 is 2.78 bits per heavy atom. The van der Waals surface area contributed by atoms with Gasteiger partial charge in [-0.05, 0) is 19.4 Å². The van der Waals surface area contributed by atoms with Gasteiger partial charge in [-0.2, -0.15) is 0 Å². The fourth-order valence-electron chi connectivity index (χ4n) is 1.66. The van der Waals surface area contributed by atoms with Crippen LogP contribution >= 0.6 is 0 Å². The molecule has 0 aliphatic carbocycles. The van der Waals surface area contributed by atoms with Crippen molar-refractivity contribution in [3.63, 3.8) is 0 Å². The van der Waals surface area contributed by atoms with Gasteiger partial charge in [0.05, 0.1) is 13.0 Å². The summed E-state index contributed by atoms with van der Waals surface area (Å²) in [7, 11) is -1.05. The lowest BCUT2D eigenvalue weighted by molar-refractivity contribution is -0.143. The van der Waals surface area contributed by atoms with E-state index in [0.717, 1.165) is 11.1 Å². The Labute approximate surface area is 111 Å². The van der Waals surface area contributed by atoms with Crippen molar-refractivity contribution in [1.29, 1.82) is 0 Å². The predicted molar refractivity (Wildman–Crippen MR) is 73.7 cm³/mol. The summed E-state index contributed by atoms with van der Waals surface area (Å²) in [4.78, 5) is 11.3. The summed E-state index contributed by atoms with van der Waals surface area (Å²) in [5.41, 5.74) is 2.20. The Balaban J connectivity index is 2.52. The molecule has 3 nitrogen and oxygen atoms in total. The minimum atomic E-state index is -1.05. The van der Waals surface area contributed by atoms with Crippen molar-refractivity contribution in [3.05, 3.63) is 35.4 Å². The smallest absolute Gasteiger partial charge is 0.306 e. The Morgan fingerprint density at radius 2 is 2.17 bits per heavy atom. The summed E-state index contributed by atoms with van der Waals surface area (Å²) in [5, 5.41) is -0.176. The zero-order chi connectivity index (χ0) is 13.5. The normalized spacial score (nSPS) is 13.9. The van der Waals surface area contributed by atoms with Crippen LogP contribution in [0.5, 0.6) is 0 Å². The average Bonchev–Trinajstić information content (AvgIpc) is 2.29. The first kappa shape index (κ1) is 14.9. The standard InChI is InChI=1S/C14H20O3S/c1-4-17-14(15)9-12(3)18(16)10-13-7-5-6-11(2)8-13/h5-8,12H,4,9-10H2,1-3H3. The second-order valence-electron chi connectivity index (χ2n) is 4.33. The maximum atomic E-state index is 12.1. The van der Waals surface area contributed by atoms with Crippen LogP contribution in [-0.4, -0.2) is 22.0 Å². The quantitative estimate of drug-likeness (QED) is 0.745. The summed E-state index contributed by atoms with van der Waals surface area (Å²) < 4.78 is 16.9. The molecule has 0 radical (unpaired) electrons. The molecule has 0 spiro atoms. The molecule has 0 N–H and O–H groups in total. The summed E-state index contributed by atoms with van der Waals surface area (Å²) in [6.07, 6.45) is 0.215. The van der Waals surface area contributed by atoms with E-state index >= 15 is 0 Å². The molecule has 0 aliphatic heterocycles. The molecule has 1 rings (SSSR count). The molecule has 2 atom stereocenters. The second-order valence-corrected chi connectivity index (χ2v) is 6.19. The second kappa shape index (κ2) is 7.31. The van der Waals surface area contributed by atoms with Gasteiger partial charge in [0, 0.05) is 21.8 Å².